The van der Waals surface area contributed by atoms with Crippen LogP contribution in [0, 0.1) is 6.92 Å². The summed E-state index contributed by atoms with van der Waals surface area (Å²) in [6.45, 7) is 6.84. The molecule has 0 spiro atoms. The number of hydrogen-bond donors (Lipinski definition) is 1. The van der Waals surface area contributed by atoms with Crippen LogP contribution in [0.1, 0.15) is 18.9 Å². The zero-order valence-electron chi connectivity index (χ0n) is 9.33. The van der Waals surface area contributed by atoms with Crippen molar-refractivity contribution in [2.75, 3.05) is 24.5 Å². The molecule has 0 unspecified atom stereocenters. The first-order chi connectivity index (χ1) is 7.20. The average Bonchev–Trinajstić information content (AvgIpc) is 2.25. The molecule has 3 nitrogen and oxygen atoms in total. The lowest BCUT2D eigenvalue weighted by atomic mass is 10.2. The van der Waals surface area contributed by atoms with Gasteiger partial charge in [0.25, 0.3) is 0 Å². The Labute approximate surface area is 99.8 Å². The normalized spacial score (nSPS) is 10.4. The van der Waals surface area contributed by atoms with E-state index in [-0.39, 0.29) is 0 Å². The van der Waals surface area contributed by atoms with Crippen molar-refractivity contribution < 1.29 is 0 Å². The van der Waals surface area contributed by atoms with Crippen LogP contribution >= 0.6 is 15.9 Å². The van der Waals surface area contributed by atoms with Gasteiger partial charge >= 0.3 is 0 Å². The lowest BCUT2D eigenvalue weighted by Gasteiger charge is -2.23. The minimum absolute atomic E-state index is 0.722. The number of rotatable bonds is 5. The lowest BCUT2D eigenvalue weighted by Crippen LogP contribution is -2.27. The number of aromatic nitrogens is 1. The van der Waals surface area contributed by atoms with Gasteiger partial charge in [0.1, 0.15) is 5.82 Å². The van der Waals surface area contributed by atoms with Crippen molar-refractivity contribution in [2.24, 2.45) is 5.73 Å². The highest BCUT2D eigenvalue weighted by atomic mass is 79.9. The van der Waals surface area contributed by atoms with Crippen molar-refractivity contribution in [3.8, 4) is 0 Å². The van der Waals surface area contributed by atoms with Crippen LogP contribution in [-0.2, 0) is 0 Å². The van der Waals surface area contributed by atoms with Crippen LogP contribution in [0.25, 0.3) is 0 Å². The van der Waals surface area contributed by atoms with Gasteiger partial charge < -0.3 is 10.6 Å². The molecule has 1 aromatic rings. The quantitative estimate of drug-likeness (QED) is 0.894. The molecule has 0 amide bonds. The van der Waals surface area contributed by atoms with Gasteiger partial charge in [0.05, 0.1) is 4.47 Å². The van der Waals surface area contributed by atoms with Gasteiger partial charge in [-0.15, -0.1) is 0 Å². The molecule has 0 atom stereocenters. The maximum Gasteiger partial charge on any atom is 0.143 e. The maximum absolute atomic E-state index is 5.52. The largest absolute Gasteiger partial charge is 0.356 e. The molecule has 0 bridgehead atoms. The molecule has 0 aliphatic heterocycles. The molecule has 0 radical (unpaired) electrons. The van der Waals surface area contributed by atoms with E-state index in [4.69, 9.17) is 5.73 Å². The molecule has 1 rings (SSSR count). The van der Waals surface area contributed by atoms with Crippen LogP contribution in [0.2, 0.25) is 0 Å². The van der Waals surface area contributed by atoms with Crippen LogP contribution < -0.4 is 10.6 Å². The van der Waals surface area contributed by atoms with E-state index < -0.39 is 0 Å². The summed E-state index contributed by atoms with van der Waals surface area (Å²) in [6, 6.07) is 2.00. The Hall–Kier alpha value is -0.610. The smallest absolute Gasteiger partial charge is 0.143 e. The molecule has 4 heteroatoms. The fourth-order valence-corrected chi connectivity index (χ4v) is 1.93. The van der Waals surface area contributed by atoms with E-state index in [1.54, 1.807) is 0 Å². The Morgan fingerprint density at radius 2 is 2.27 bits per heavy atom. The summed E-state index contributed by atoms with van der Waals surface area (Å²) in [7, 11) is 0. The molecule has 0 aliphatic rings. The highest BCUT2D eigenvalue weighted by Gasteiger charge is 2.10. The summed E-state index contributed by atoms with van der Waals surface area (Å²) in [5, 5.41) is 0. The van der Waals surface area contributed by atoms with E-state index in [1.165, 1.54) is 5.56 Å². The fraction of sp³-hybridized carbons (Fsp3) is 0.545. The van der Waals surface area contributed by atoms with Crippen LogP contribution in [-0.4, -0.2) is 24.6 Å². The molecule has 1 aromatic heterocycles. The topological polar surface area (TPSA) is 42.1 Å². The molecule has 2 N–H and O–H groups in total. The Morgan fingerprint density at radius 1 is 1.53 bits per heavy atom. The predicted molar refractivity (Wildman–Crippen MR) is 68.2 cm³/mol. The van der Waals surface area contributed by atoms with Crippen molar-refractivity contribution in [1.82, 2.24) is 4.98 Å². The molecule has 0 saturated carbocycles. The number of aryl methyl sites for hydroxylation is 1. The molecule has 15 heavy (non-hydrogen) atoms. The van der Waals surface area contributed by atoms with Crippen LogP contribution in [0.4, 0.5) is 5.82 Å². The number of nitrogens with two attached hydrogens (primary N) is 1. The molecule has 1 heterocycles. The minimum Gasteiger partial charge on any atom is -0.356 e. The summed E-state index contributed by atoms with van der Waals surface area (Å²) in [4.78, 5) is 6.64. The number of pyridine rings is 1. The van der Waals surface area contributed by atoms with E-state index in [1.807, 2.05) is 12.3 Å². The third-order valence-electron chi connectivity index (χ3n) is 2.38. The van der Waals surface area contributed by atoms with Crippen LogP contribution in [0.15, 0.2) is 16.7 Å². The van der Waals surface area contributed by atoms with Gasteiger partial charge in [0, 0.05) is 19.3 Å². The number of hydrogen-bond acceptors (Lipinski definition) is 3. The molecular weight excluding hydrogens is 254 g/mol. The first-order valence-corrected chi connectivity index (χ1v) is 6.06. The first kappa shape index (κ1) is 12.5. The van der Waals surface area contributed by atoms with Gasteiger partial charge in [-0.05, 0) is 54.4 Å². The highest BCUT2D eigenvalue weighted by Crippen LogP contribution is 2.26. The summed E-state index contributed by atoms with van der Waals surface area (Å²) >= 11 is 3.58. The first-order valence-electron chi connectivity index (χ1n) is 5.26. The summed E-state index contributed by atoms with van der Waals surface area (Å²) in [5.41, 5.74) is 6.73. The zero-order valence-corrected chi connectivity index (χ0v) is 10.9. The minimum atomic E-state index is 0.722. The highest BCUT2D eigenvalue weighted by molar-refractivity contribution is 9.10. The second kappa shape index (κ2) is 6.08. The summed E-state index contributed by atoms with van der Waals surface area (Å²) < 4.78 is 1.09. The van der Waals surface area contributed by atoms with Crippen LogP contribution in [0.3, 0.4) is 0 Å². The van der Waals surface area contributed by atoms with Gasteiger partial charge in [-0.25, -0.2) is 4.98 Å². The molecule has 0 saturated heterocycles. The molecular formula is C11H18BrN3. The van der Waals surface area contributed by atoms with E-state index in [0.717, 1.165) is 36.3 Å². The SMILES string of the molecule is CCN(CCCN)c1nccc(C)c1Br. The van der Waals surface area contributed by atoms with Crippen molar-refractivity contribution >= 4 is 21.7 Å². The summed E-state index contributed by atoms with van der Waals surface area (Å²) in [6.07, 6.45) is 2.84. The van der Waals surface area contributed by atoms with Crippen molar-refractivity contribution in [1.29, 1.82) is 0 Å². The van der Waals surface area contributed by atoms with Gasteiger partial charge in [-0.2, -0.15) is 0 Å². The fourth-order valence-electron chi connectivity index (χ4n) is 1.44. The zero-order chi connectivity index (χ0) is 11.3. The lowest BCUT2D eigenvalue weighted by molar-refractivity contribution is 0.743. The second-order valence-corrected chi connectivity index (χ2v) is 4.28. The summed E-state index contributed by atoms with van der Waals surface area (Å²) in [5.74, 6) is 1.02. The molecule has 0 aromatic carbocycles. The Morgan fingerprint density at radius 3 is 2.87 bits per heavy atom. The van der Waals surface area contributed by atoms with Crippen molar-refractivity contribution in [3.63, 3.8) is 0 Å². The molecule has 0 aliphatic carbocycles. The average molecular weight is 272 g/mol. The van der Waals surface area contributed by atoms with Gasteiger partial charge in [0.2, 0.25) is 0 Å². The van der Waals surface area contributed by atoms with E-state index >= 15 is 0 Å². The Balaban J connectivity index is 2.86. The van der Waals surface area contributed by atoms with Crippen molar-refractivity contribution in [2.45, 2.75) is 20.3 Å². The Bertz CT molecular complexity index is 315. The Kier molecular flexibility index (Phi) is 5.05. The number of nitrogens with zero attached hydrogens (tertiary/aromatic N) is 2. The number of halogens is 1. The standard InChI is InChI=1S/C11H18BrN3/c1-3-15(8-4-6-13)11-10(12)9(2)5-7-14-11/h5,7H,3-4,6,8,13H2,1-2H3. The maximum atomic E-state index is 5.52. The second-order valence-electron chi connectivity index (χ2n) is 3.49. The van der Waals surface area contributed by atoms with Gasteiger partial charge in [0.15, 0.2) is 0 Å². The van der Waals surface area contributed by atoms with E-state index in [2.05, 4.69) is 39.7 Å². The van der Waals surface area contributed by atoms with E-state index in [0.29, 0.717) is 0 Å². The molecule has 0 fully saturated rings. The third-order valence-corrected chi connectivity index (χ3v) is 3.36. The van der Waals surface area contributed by atoms with Crippen LogP contribution in [0.5, 0.6) is 0 Å². The van der Waals surface area contributed by atoms with E-state index in [9.17, 15) is 0 Å². The van der Waals surface area contributed by atoms with Crippen molar-refractivity contribution in [3.05, 3.63) is 22.3 Å². The monoisotopic (exact) mass is 271 g/mol. The molecule has 84 valence electrons. The van der Waals surface area contributed by atoms with Gasteiger partial charge in [-0.3, -0.25) is 0 Å². The number of anilines is 1. The third kappa shape index (κ3) is 3.18. The predicted octanol–water partition coefficient (Wildman–Crippen LogP) is 2.33. The van der Waals surface area contributed by atoms with Gasteiger partial charge in [-0.1, -0.05) is 0 Å².